The predicted molar refractivity (Wildman–Crippen MR) is 109 cm³/mol. The van der Waals surface area contributed by atoms with Gasteiger partial charge in [-0.25, -0.2) is 0 Å². The molecule has 1 unspecified atom stereocenters. The van der Waals surface area contributed by atoms with Gasteiger partial charge < -0.3 is 20.4 Å². The molecule has 6 heteroatoms. The van der Waals surface area contributed by atoms with E-state index in [1.165, 1.54) is 17.2 Å². The quantitative estimate of drug-likeness (QED) is 0.746. The van der Waals surface area contributed by atoms with Crippen LogP contribution in [0.15, 0.2) is 35.4 Å². The van der Waals surface area contributed by atoms with Crippen molar-refractivity contribution in [2.75, 3.05) is 39.3 Å². The minimum absolute atomic E-state index is 0.0321. The van der Waals surface area contributed by atoms with Gasteiger partial charge in [0.1, 0.15) is 11.5 Å². The molecule has 0 saturated carbocycles. The number of piperazine rings is 1. The number of carbonyl (C=O) groups is 1. The van der Waals surface area contributed by atoms with Crippen molar-refractivity contribution in [3.8, 4) is 11.5 Å². The highest BCUT2D eigenvalue weighted by Gasteiger charge is 2.32. The maximum atomic E-state index is 13.1. The molecule has 1 saturated heterocycles. The third-order valence-electron chi connectivity index (χ3n) is 6.08. The summed E-state index contributed by atoms with van der Waals surface area (Å²) >= 11 is 0. The topological polar surface area (TPSA) is 76.0 Å². The van der Waals surface area contributed by atoms with Crippen molar-refractivity contribution in [1.29, 1.82) is 0 Å². The first kappa shape index (κ1) is 19.0. The van der Waals surface area contributed by atoms with Crippen LogP contribution in [-0.4, -0.2) is 71.2 Å². The standard InChI is InChI=1S/C22H29N3O3/c1-14(2)18-10-19(21(27)11-20(18)26)22(28)25-12-15-3-4-17(9-16(15)13-25)24-7-5-23-6-8-24/h3-4,10-11,14,17,23,26-27H,5-9,12-13H2,1-2H3. The molecule has 0 bridgehead atoms. The Morgan fingerprint density at radius 3 is 2.61 bits per heavy atom. The zero-order chi connectivity index (χ0) is 19.8. The van der Waals surface area contributed by atoms with Crippen LogP contribution in [0.25, 0.3) is 0 Å². The second-order valence-corrected chi connectivity index (χ2v) is 8.29. The number of rotatable bonds is 3. The number of nitrogens with one attached hydrogen (secondary N) is 1. The summed E-state index contributed by atoms with van der Waals surface area (Å²) in [7, 11) is 0. The molecule has 2 heterocycles. The lowest BCUT2D eigenvalue weighted by Gasteiger charge is -2.35. The largest absolute Gasteiger partial charge is 0.508 e. The average Bonchev–Trinajstić information content (AvgIpc) is 3.11. The van der Waals surface area contributed by atoms with Gasteiger partial charge in [0, 0.05) is 51.4 Å². The van der Waals surface area contributed by atoms with Gasteiger partial charge in [-0.3, -0.25) is 9.69 Å². The maximum Gasteiger partial charge on any atom is 0.258 e. The molecule has 0 radical (unpaired) electrons. The van der Waals surface area contributed by atoms with Crippen molar-refractivity contribution in [3.63, 3.8) is 0 Å². The fraction of sp³-hybridized carbons (Fsp3) is 0.500. The van der Waals surface area contributed by atoms with Crippen LogP contribution in [0.4, 0.5) is 0 Å². The zero-order valence-corrected chi connectivity index (χ0v) is 16.6. The first-order chi connectivity index (χ1) is 13.4. The molecule has 0 spiro atoms. The Morgan fingerprint density at radius 1 is 1.14 bits per heavy atom. The average molecular weight is 383 g/mol. The van der Waals surface area contributed by atoms with E-state index in [0.29, 0.717) is 24.7 Å². The third-order valence-corrected chi connectivity index (χ3v) is 6.08. The van der Waals surface area contributed by atoms with E-state index in [2.05, 4.69) is 22.4 Å². The Labute approximate surface area is 166 Å². The van der Waals surface area contributed by atoms with Gasteiger partial charge in [-0.2, -0.15) is 0 Å². The van der Waals surface area contributed by atoms with Crippen molar-refractivity contribution in [3.05, 3.63) is 46.6 Å². The number of hydrogen-bond donors (Lipinski definition) is 3. The van der Waals surface area contributed by atoms with Gasteiger partial charge in [-0.05, 0) is 35.1 Å². The number of aromatic hydroxyl groups is 2. The van der Waals surface area contributed by atoms with Crippen molar-refractivity contribution >= 4 is 5.91 Å². The molecule has 1 atom stereocenters. The van der Waals surface area contributed by atoms with Gasteiger partial charge >= 0.3 is 0 Å². The van der Waals surface area contributed by atoms with Crippen LogP contribution in [0.3, 0.4) is 0 Å². The highest BCUT2D eigenvalue weighted by Crippen LogP contribution is 2.35. The lowest BCUT2D eigenvalue weighted by atomic mass is 9.95. The molecule has 0 aromatic heterocycles. The summed E-state index contributed by atoms with van der Waals surface area (Å²) in [6.07, 6.45) is 5.41. The van der Waals surface area contributed by atoms with Gasteiger partial charge in [-0.15, -0.1) is 0 Å². The van der Waals surface area contributed by atoms with Crippen LogP contribution in [0.2, 0.25) is 0 Å². The number of hydrogen-bond acceptors (Lipinski definition) is 5. The highest BCUT2D eigenvalue weighted by molar-refractivity contribution is 5.98. The SMILES string of the molecule is CC(C)c1cc(C(=O)N2CC3=C(CC(N4CCNCC4)C=C3)C2)c(O)cc1O. The molecule has 3 N–H and O–H groups in total. The van der Waals surface area contributed by atoms with Crippen molar-refractivity contribution in [2.45, 2.75) is 32.2 Å². The van der Waals surface area contributed by atoms with Crippen LogP contribution in [0.5, 0.6) is 11.5 Å². The van der Waals surface area contributed by atoms with Gasteiger partial charge in [-0.1, -0.05) is 26.0 Å². The van der Waals surface area contributed by atoms with E-state index in [0.717, 1.165) is 32.6 Å². The van der Waals surface area contributed by atoms with Crippen LogP contribution in [-0.2, 0) is 0 Å². The summed E-state index contributed by atoms with van der Waals surface area (Å²) in [5.41, 5.74) is 3.49. The molecule has 4 rings (SSSR count). The van der Waals surface area contributed by atoms with E-state index in [4.69, 9.17) is 0 Å². The summed E-state index contributed by atoms with van der Waals surface area (Å²) in [5.74, 6) is -0.239. The maximum absolute atomic E-state index is 13.1. The van der Waals surface area contributed by atoms with Crippen LogP contribution >= 0.6 is 0 Å². The lowest BCUT2D eigenvalue weighted by molar-refractivity contribution is 0.0792. The smallest absolute Gasteiger partial charge is 0.258 e. The summed E-state index contributed by atoms with van der Waals surface area (Å²) in [6.45, 7) is 9.27. The summed E-state index contributed by atoms with van der Waals surface area (Å²) in [5, 5.41) is 23.7. The molecule has 150 valence electrons. The van der Waals surface area contributed by atoms with E-state index < -0.39 is 0 Å². The molecule has 28 heavy (non-hydrogen) atoms. The Kier molecular flexibility index (Phi) is 5.17. The van der Waals surface area contributed by atoms with Crippen molar-refractivity contribution in [2.24, 2.45) is 0 Å². The van der Waals surface area contributed by atoms with E-state index in [1.807, 2.05) is 13.8 Å². The molecule has 2 aliphatic heterocycles. The van der Waals surface area contributed by atoms with Gasteiger partial charge in [0.2, 0.25) is 0 Å². The Hall–Kier alpha value is -2.31. The fourth-order valence-electron chi connectivity index (χ4n) is 4.43. The van der Waals surface area contributed by atoms with Crippen LogP contribution < -0.4 is 5.32 Å². The molecule has 1 amide bonds. The van der Waals surface area contributed by atoms with E-state index in [1.54, 1.807) is 11.0 Å². The summed E-state index contributed by atoms with van der Waals surface area (Å²) in [6, 6.07) is 3.33. The minimum Gasteiger partial charge on any atom is -0.508 e. The van der Waals surface area contributed by atoms with Gasteiger partial charge in [0.05, 0.1) is 5.56 Å². The molecule has 1 aromatic rings. The number of nitrogens with zero attached hydrogens (tertiary/aromatic N) is 2. The molecule has 1 aliphatic carbocycles. The summed E-state index contributed by atoms with van der Waals surface area (Å²) in [4.78, 5) is 17.4. The van der Waals surface area contributed by atoms with E-state index >= 15 is 0 Å². The number of phenols is 2. The lowest BCUT2D eigenvalue weighted by Crippen LogP contribution is -2.48. The van der Waals surface area contributed by atoms with E-state index in [9.17, 15) is 15.0 Å². The fourth-order valence-corrected chi connectivity index (χ4v) is 4.43. The molecular weight excluding hydrogens is 354 g/mol. The van der Waals surface area contributed by atoms with Crippen molar-refractivity contribution in [1.82, 2.24) is 15.1 Å². The monoisotopic (exact) mass is 383 g/mol. The molecule has 6 nitrogen and oxygen atoms in total. The Morgan fingerprint density at radius 2 is 1.89 bits per heavy atom. The Bertz CT molecular complexity index is 838. The first-order valence-corrected chi connectivity index (χ1v) is 10.1. The van der Waals surface area contributed by atoms with Gasteiger partial charge in [0.25, 0.3) is 5.91 Å². The normalized spacial score (nSPS) is 22.8. The second kappa shape index (κ2) is 7.60. The van der Waals surface area contributed by atoms with E-state index in [-0.39, 0.29) is 28.9 Å². The van der Waals surface area contributed by atoms with Crippen LogP contribution in [0, 0.1) is 0 Å². The Balaban J connectivity index is 1.48. The third kappa shape index (κ3) is 3.54. The number of amides is 1. The number of phenolic OH excluding ortho intramolecular Hbond substituents is 2. The highest BCUT2D eigenvalue weighted by atomic mass is 16.3. The summed E-state index contributed by atoms with van der Waals surface area (Å²) < 4.78 is 0. The molecule has 1 fully saturated rings. The first-order valence-electron chi connectivity index (χ1n) is 10.1. The molecular formula is C22H29N3O3. The molecule has 1 aromatic carbocycles. The number of benzene rings is 1. The molecule has 3 aliphatic rings. The number of carbonyl (C=O) groups excluding carboxylic acids is 1. The second-order valence-electron chi connectivity index (χ2n) is 8.29. The van der Waals surface area contributed by atoms with Gasteiger partial charge in [0.15, 0.2) is 0 Å². The zero-order valence-electron chi connectivity index (χ0n) is 16.6. The minimum atomic E-state index is -0.180. The predicted octanol–water partition coefficient (Wildman–Crippen LogP) is 2.21. The van der Waals surface area contributed by atoms with Crippen molar-refractivity contribution < 1.29 is 15.0 Å². The van der Waals surface area contributed by atoms with Crippen LogP contribution in [0.1, 0.15) is 42.1 Å².